The van der Waals surface area contributed by atoms with Gasteiger partial charge in [0.1, 0.15) is 0 Å². The summed E-state index contributed by atoms with van der Waals surface area (Å²) in [6.45, 7) is 44.8. The molecule has 0 unspecified atom stereocenters. The van der Waals surface area contributed by atoms with E-state index in [1.165, 1.54) is 0 Å². The summed E-state index contributed by atoms with van der Waals surface area (Å²) >= 11 is 0. The molecule has 0 aliphatic heterocycles. The van der Waals surface area contributed by atoms with Crippen LogP contribution < -0.4 is 0 Å². The molecule has 2 N–H and O–H groups in total. The predicted octanol–water partition coefficient (Wildman–Crippen LogP) is 8.91. The van der Waals surface area contributed by atoms with Gasteiger partial charge in [-0.1, -0.05) is 125 Å². The fourth-order valence-electron chi connectivity index (χ4n) is 6.75. The third kappa shape index (κ3) is 9.84. The maximum Gasteiger partial charge on any atom is 2.00 e. The summed E-state index contributed by atoms with van der Waals surface area (Å²) in [7, 11) is 0. The summed E-state index contributed by atoms with van der Waals surface area (Å²) in [5.74, 6) is 0. The Kier molecular flexibility index (Phi) is 15.6. The average molecular weight is 546 g/mol. The maximum absolute atomic E-state index is 11.0. The molecule has 0 heterocycles. The van der Waals surface area contributed by atoms with Crippen LogP contribution in [0.2, 0.25) is 0 Å². The van der Waals surface area contributed by atoms with Crippen molar-refractivity contribution in [2.24, 2.45) is 32.5 Å². The van der Waals surface area contributed by atoms with E-state index in [2.05, 4.69) is 144 Å². The van der Waals surface area contributed by atoms with Crippen molar-refractivity contribution in [2.75, 3.05) is 0 Å². The second-order valence-electron chi connectivity index (χ2n) is 15.4. The van der Waals surface area contributed by atoms with Crippen LogP contribution in [0.5, 0.6) is 0 Å². The summed E-state index contributed by atoms with van der Waals surface area (Å²) < 4.78 is 0. The third-order valence-electron chi connectivity index (χ3n) is 6.69. The van der Waals surface area contributed by atoms with Crippen molar-refractivity contribution in [3.05, 3.63) is 19.6 Å². The number of rotatable bonds is 1. The van der Waals surface area contributed by atoms with Crippen LogP contribution in [0.1, 0.15) is 131 Å². The van der Waals surface area contributed by atoms with Gasteiger partial charge in [-0.3, -0.25) is 6.58 Å². The van der Waals surface area contributed by atoms with E-state index in [1.807, 2.05) is 0 Å². The van der Waals surface area contributed by atoms with E-state index >= 15 is 0 Å². The summed E-state index contributed by atoms with van der Waals surface area (Å²) in [6.07, 6.45) is 3.28. The Morgan fingerprint density at radius 2 is 0.576 bits per heavy atom. The van der Waals surface area contributed by atoms with Crippen molar-refractivity contribution in [1.82, 2.24) is 0 Å². The molecule has 0 aliphatic carbocycles. The van der Waals surface area contributed by atoms with Gasteiger partial charge in [0.05, 0.1) is 11.2 Å². The fourth-order valence-corrected chi connectivity index (χ4v) is 6.75. The van der Waals surface area contributed by atoms with Gasteiger partial charge in [0.15, 0.2) is 0 Å². The first-order valence-corrected chi connectivity index (χ1v) is 12.2. The van der Waals surface area contributed by atoms with Crippen LogP contribution in [-0.4, -0.2) is 21.4 Å². The Morgan fingerprint density at radius 3 is 0.576 bits per heavy atom. The number of aliphatic hydroxyl groups is 2. The molecule has 198 valence electrons. The largest absolute Gasteiger partial charge is 2.00 e. The standard InChI is InChI=1S/2C13H28O.C4H6.Zr/c2*1-10(2,3)13(14,11(4,5)6)12(7,8)9;1-3-4-2;/h2*14H,1-9H3;1-3H2;/q;;-2;+2. The SMILES string of the molecule is C=[C-]C[CH2-].CC(C)(C)C(O)(C(C)(C)C)C(C)(C)C.CC(C)(C)C(O)(C(C)(C)C)C(C)(C)C.[Zr+2]. The van der Waals surface area contributed by atoms with Crippen molar-refractivity contribution >= 4 is 0 Å². The molecule has 0 radical (unpaired) electrons. The van der Waals surface area contributed by atoms with E-state index in [0.717, 1.165) is 0 Å². The van der Waals surface area contributed by atoms with Crippen molar-refractivity contribution in [3.8, 4) is 0 Å². The second-order valence-corrected chi connectivity index (χ2v) is 15.4. The van der Waals surface area contributed by atoms with Crippen LogP contribution in [0.25, 0.3) is 0 Å². The van der Waals surface area contributed by atoms with Crippen LogP contribution >= 0.6 is 0 Å². The Balaban J connectivity index is -0.000000213. The molecule has 0 aromatic carbocycles. The first kappa shape index (κ1) is 40.7. The van der Waals surface area contributed by atoms with Crippen molar-refractivity contribution in [3.63, 3.8) is 0 Å². The number of hydrogen-bond donors (Lipinski definition) is 2. The van der Waals surface area contributed by atoms with Crippen LogP contribution in [0.3, 0.4) is 0 Å². The number of hydrogen-bond acceptors (Lipinski definition) is 2. The first-order chi connectivity index (χ1) is 13.4. The minimum absolute atomic E-state index is 0. The van der Waals surface area contributed by atoms with Crippen LogP contribution in [0.15, 0.2) is 6.58 Å². The number of allylic oxidation sites excluding steroid dienone is 1. The van der Waals surface area contributed by atoms with Gasteiger partial charge in [-0.05, 0) is 32.5 Å². The molecular weight excluding hydrogens is 484 g/mol. The van der Waals surface area contributed by atoms with Crippen molar-refractivity contribution in [1.29, 1.82) is 0 Å². The third-order valence-corrected chi connectivity index (χ3v) is 6.69. The molecule has 0 atom stereocenters. The zero-order valence-corrected chi connectivity index (χ0v) is 28.5. The van der Waals surface area contributed by atoms with Gasteiger partial charge in [-0.15, -0.1) is 0 Å². The van der Waals surface area contributed by atoms with Crippen LogP contribution in [0, 0.1) is 45.5 Å². The van der Waals surface area contributed by atoms with E-state index in [-0.39, 0.29) is 58.7 Å². The smallest absolute Gasteiger partial charge is 0.535 e. The molecule has 0 saturated heterocycles. The van der Waals surface area contributed by atoms with Gasteiger partial charge in [0.2, 0.25) is 0 Å². The maximum atomic E-state index is 11.0. The predicted molar refractivity (Wildman–Crippen MR) is 145 cm³/mol. The Bertz CT molecular complexity index is 427. The molecule has 0 spiro atoms. The summed E-state index contributed by atoms with van der Waals surface area (Å²) in [5.41, 5.74) is -2.10. The summed E-state index contributed by atoms with van der Waals surface area (Å²) in [5, 5.41) is 22.0. The van der Waals surface area contributed by atoms with Crippen molar-refractivity contribution < 1.29 is 36.4 Å². The van der Waals surface area contributed by atoms with Crippen LogP contribution in [0.4, 0.5) is 0 Å². The van der Waals surface area contributed by atoms with Gasteiger partial charge in [0, 0.05) is 0 Å². The molecular formula is C30H62O2Zr. The van der Waals surface area contributed by atoms with E-state index < -0.39 is 11.2 Å². The summed E-state index contributed by atoms with van der Waals surface area (Å²) in [6, 6.07) is 0. The Hall–Kier alpha value is 0.543. The topological polar surface area (TPSA) is 40.5 Å². The van der Waals surface area contributed by atoms with Gasteiger partial charge in [-0.2, -0.15) is 0 Å². The Morgan fingerprint density at radius 1 is 0.485 bits per heavy atom. The van der Waals surface area contributed by atoms with Gasteiger partial charge < -0.3 is 29.6 Å². The summed E-state index contributed by atoms with van der Waals surface area (Å²) in [4.78, 5) is 0. The van der Waals surface area contributed by atoms with E-state index in [9.17, 15) is 10.2 Å². The van der Waals surface area contributed by atoms with E-state index in [1.54, 1.807) is 0 Å². The molecule has 3 heteroatoms. The molecule has 0 amide bonds. The monoisotopic (exact) mass is 544 g/mol. The normalized spacial score (nSPS) is 14.2. The van der Waals surface area contributed by atoms with Gasteiger partial charge in [-0.25, -0.2) is 0 Å². The quantitative estimate of drug-likeness (QED) is 0.323. The minimum atomic E-state index is -0.687. The molecule has 0 bridgehead atoms. The van der Waals surface area contributed by atoms with Crippen LogP contribution in [-0.2, 0) is 26.2 Å². The van der Waals surface area contributed by atoms with E-state index in [0.29, 0.717) is 6.42 Å². The Labute approximate surface area is 229 Å². The fraction of sp³-hybridized carbons (Fsp3) is 0.900. The molecule has 0 aromatic heterocycles. The minimum Gasteiger partial charge on any atom is -0.535 e. The average Bonchev–Trinajstić information content (AvgIpc) is 2.47. The van der Waals surface area contributed by atoms with E-state index in [4.69, 9.17) is 0 Å². The second kappa shape index (κ2) is 12.7. The molecule has 33 heavy (non-hydrogen) atoms. The molecule has 0 rings (SSSR count). The van der Waals surface area contributed by atoms with Gasteiger partial charge >= 0.3 is 26.2 Å². The molecule has 0 aromatic rings. The zero-order valence-electron chi connectivity index (χ0n) is 26.0. The molecule has 0 saturated carbocycles. The first-order valence-electron chi connectivity index (χ1n) is 12.2. The zero-order chi connectivity index (χ0) is 27.4. The van der Waals surface area contributed by atoms with Crippen molar-refractivity contribution in [2.45, 2.75) is 142 Å². The molecule has 0 fully saturated rings. The molecule has 2 nitrogen and oxygen atoms in total. The van der Waals surface area contributed by atoms with Gasteiger partial charge in [0.25, 0.3) is 0 Å². The molecule has 0 aliphatic rings.